The van der Waals surface area contributed by atoms with Gasteiger partial charge in [0.1, 0.15) is 6.61 Å². The Morgan fingerprint density at radius 3 is 3.00 bits per heavy atom. The number of ether oxygens (including phenoxy) is 1. The number of nitrogens with two attached hydrogens (primary N) is 1. The van der Waals surface area contributed by atoms with Crippen LogP contribution in [0.3, 0.4) is 0 Å². The Labute approximate surface area is 71.3 Å². The maximum absolute atomic E-state index is 5.74. The number of aromatic nitrogens is 2. The summed E-state index contributed by atoms with van der Waals surface area (Å²) in [5, 5.41) is 0. The van der Waals surface area contributed by atoms with Gasteiger partial charge in [-0.25, -0.2) is 0 Å². The zero-order valence-electron chi connectivity index (χ0n) is 7.37. The van der Waals surface area contributed by atoms with Crippen molar-refractivity contribution in [2.24, 2.45) is 5.73 Å². The zero-order valence-corrected chi connectivity index (χ0v) is 7.37. The van der Waals surface area contributed by atoms with E-state index in [9.17, 15) is 0 Å². The van der Waals surface area contributed by atoms with Crippen molar-refractivity contribution in [2.45, 2.75) is 26.4 Å². The monoisotopic (exact) mass is 167 g/mol. The molecule has 66 valence electrons. The van der Waals surface area contributed by atoms with E-state index in [1.54, 1.807) is 0 Å². The van der Waals surface area contributed by atoms with Crippen LogP contribution in [0.2, 0.25) is 0 Å². The highest BCUT2D eigenvalue weighted by Gasteiger charge is 2.20. The highest BCUT2D eigenvalue weighted by Crippen LogP contribution is 2.24. The molecule has 1 aliphatic heterocycles. The van der Waals surface area contributed by atoms with Gasteiger partial charge in [0.2, 0.25) is 0 Å². The van der Waals surface area contributed by atoms with Crippen molar-refractivity contribution in [3.05, 3.63) is 11.4 Å². The van der Waals surface area contributed by atoms with Crippen LogP contribution in [0.5, 0.6) is 6.01 Å². The maximum atomic E-state index is 5.74. The minimum atomic E-state index is -0.00769. The number of nitrogens with zero attached hydrogens (tertiary/aromatic N) is 2. The fraction of sp³-hybridized carbons (Fsp3) is 0.625. The summed E-state index contributed by atoms with van der Waals surface area (Å²) in [6.45, 7) is 5.61. The molecule has 12 heavy (non-hydrogen) atoms. The normalized spacial score (nSPS) is 17.2. The second kappa shape index (κ2) is 2.48. The molecule has 0 amide bonds. The van der Waals surface area contributed by atoms with Crippen molar-refractivity contribution >= 4 is 0 Å². The molecule has 1 aromatic rings. The fourth-order valence-electron chi connectivity index (χ4n) is 1.56. The minimum absolute atomic E-state index is 0.00769. The van der Waals surface area contributed by atoms with Crippen LogP contribution in [-0.2, 0) is 6.54 Å². The number of hydrogen-bond acceptors (Lipinski definition) is 3. The van der Waals surface area contributed by atoms with Crippen molar-refractivity contribution in [2.75, 3.05) is 6.61 Å². The van der Waals surface area contributed by atoms with E-state index in [1.165, 1.54) is 0 Å². The van der Waals surface area contributed by atoms with Gasteiger partial charge in [0, 0.05) is 11.7 Å². The molecule has 0 spiro atoms. The van der Waals surface area contributed by atoms with Gasteiger partial charge in [0.25, 0.3) is 6.01 Å². The summed E-state index contributed by atoms with van der Waals surface area (Å²) in [5.41, 5.74) is 7.83. The smallest absolute Gasteiger partial charge is 0.296 e. The summed E-state index contributed by atoms with van der Waals surface area (Å²) in [6.07, 6.45) is 0. The molecule has 0 aliphatic carbocycles. The summed E-state index contributed by atoms with van der Waals surface area (Å²) >= 11 is 0. The Kier molecular flexibility index (Phi) is 1.58. The van der Waals surface area contributed by atoms with Crippen molar-refractivity contribution in [3.63, 3.8) is 0 Å². The van der Waals surface area contributed by atoms with Crippen LogP contribution in [0.15, 0.2) is 0 Å². The first-order chi connectivity index (χ1) is 5.70. The van der Waals surface area contributed by atoms with Gasteiger partial charge in [0.15, 0.2) is 0 Å². The first-order valence-electron chi connectivity index (χ1n) is 4.15. The highest BCUT2D eigenvalue weighted by atomic mass is 16.5. The van der Waals surface area contributed by atoms with Crippen molar-refractivity contribution in [3.8, 4) is 6.01 Å². The van der Waals surface area contributed by atoms with Gasteiger partial charge >= 0.3 is 0 Å². The third-order valence-corrected chi connectivity index (χ3v) is 2.20. The van der Waals surface area contributed by atoms with Gasteiger partial charge in [-0.1, -0.05) is 0 Å². The van der Waals surface area contributed by atoms with Crippen LogP contribution in [0.1, 0.15) is 24.4 Å². The largest absolute Gasteiger partial charge is 0.463 e. The van der Waals surface area contributed by atoms with E-state index in [0.717, 1.165) is 30.5 Å². The second-order valence-corrected chi connectivity index (χ2v) is 3.15. The summed E-state index contributed by atoms with van der Waals surface area (Å²) in [4.78, 5) is 4.31. The van der Waals surface area contributed by atoms with Gasteiger partial charge in [-0.2, -0.15) is 4.98 Å². The van der Waals surface area contributed by atoms with Gasteiger partial charge in [-0.3, -0.25) is 4.57 Å². The van der Waals surface area contributed by atoms with Gasteiger partial charge < -0.3 is 10.5 Å². The molecule has 0 bridgehead atoms. The van der Waals surface area contributed by atoms with Crippen LogP contribution in [0, 0.1) is 6.92 Å². The van der Waals surface area contributed by atoms with Crippen LogP contribution >= 0.6 is 0 Å². The lowest BCUT2D eigenvalue weighted by atomic mass is 10.2. The number of rotatable bonds is 1. The lowest BCUT2D eigenvalue weighted by Gasteiger charge is -2.03. The highest BCUT2D eigenvalue weighted by molar-refractivity contribution is 5.23. The predicted octanol–water partition coefficient (Wildman–Crippen LogP) is 0.604. The van der Waals surface area contributed by atoms with E-state index >= 15 is 0 Å². The fourth-order valence-corrected chi connectivity index (χ4v) is 1.56. The Bertz CT molecular complexity index is 303. The summed E-state index contributed by atoms with van der Waals surface area (Å²) in [5.74, 6) is 0. The van der Waals surface area contributed by atoms with Crippen LogP contribution in [-0.4, -0.2) is 16.2 Å². The molecule has 1 aliphatic rings. The van der Waals surface area contributed by atoms with E-state index in [4.69, 9.17) is 10.5 Å². The van der Waals surface area contributed by atoms with Crippen molar-refractivity contribution in [1.82, 2.24) is 9.55 Å². The van der Waals surface area contributed by atoms with Crippen LogP contribution in [0.4, 0.5) is 0 Å². The van der Waals surface area contributed by atoms with Gasteiger partial charge in [-0.05, 0) is 13.8 Å². The third kappa shape index (κ3) is 0.914. The SMILES string of the molecule is Cc1c(C(C)N)nc2n1CCO2. The Morgan fingerprint density at radius 1 is 1.67 bits per heavy atom. The summed E-state index contributed by atoms with van der Waals surface area (Å²) in [6, 6.07) is 0.714. The molecule has 0 saturated carbocycles. The van der Waals surface area contributed by atoms with Crippen LogP contribution in [0.25, 0.3) is 0 Å². The zero-order chi connectivity index (χ0) is 8.72. The Morgan fingerprint density at radius 2 is 2.42 bits per heavy atom. The lowest BCUT2D eigenvalue weighted by Crippen LogP contribution is -2.09. The molecule has 2 N–H and O–H groups in total. The molecule has 0 saturated heterocycles. The topological polar surface area (TPSA) is 53.1 Å². The Balaban J connectivity index is 2.47. The quantitative estimate of drug-likeness (QED) is 0.666. The number of hydrogen-bond donors (Lipinski definition) is 1. The molecular formula is C8H13N3O. The molecule has 0 radical (unpaired) electrons. The van der Waals surface area contributed by atoms with Gasteiger partial charge in [0.05, 0.1) is 12.2 Å². The molecule has 4 heteroatoms. The molecule has 1 unspecified atom stereocenters. The van der Waals surface area contributed by atoms with Crippen molar-refractivity contribution < 1.29 is 4.74 Å². The molecule has 0 fully saturated rings. The standard InChI is InChI=1S/C8H13N3O/c1-5(9)7-6(2)11-3-4-12-8(11)10-7/h5H,3-4,9H2,1-2H3. The van der Waals surface area contributed by atoms with E-state index in [-0.39, 0.29) is 6.04 Å². The summed E-state index contributed by atoms with van der Waals surface area (Å²) < 4.78 is 7.37. The molecule has 1 atom stereocenters. The molecule has 1 aromatic heterocycles. The predicted molar refractivity (Wildman–Crippen MR) is 45.1 cm³/mol. The maximum Gasteiger partial charge on any atom is 0.296 e. The third-order valence-electron chi connectivity index (χ3n) is 2.20. The van der Waals surface area contributed by atoms with Crippen LogP contribution < -0.4 is 10.5 Å². The molecule has 0 aromatic carbocycles. The minimum Gasteiger partial charge on any atom is -0.463 e. The molecular weight excluding hydrogens is 154 g/mol. The second-order valence-electron chi connectivity index (χ2n) is 3.15. The number of imidazole rings is 1. The number of fused-ring (bicyclic) bond motifs is 1. The Hall–Kier alpha value is -1.03. The molecule has 2 rings (SSSR count). The summed E-state index contributed by atoms with van der Waals surface area (Å²) in [7, 11) is 0. The van der Waals surface area contributed by atoms with Crippen molar-refractivity contribution in [1.29, 1.82) is 0 Å². The first kappa shape index (κ1) is 7.61. The average molecular weight is 167 g/mol. The first-order valence-corrected chi connectivity index (χ1v) is 4.15. The average Bonchev–Trinajstić information content (AvgIpc) is 2.53. The van der Waals surface area contributed by atoms with E-state index in [0.29, 0.717) is 0 Å². The van der Waals surface area contributed by atoms with E-state index in [2.05, 4.69) is 9.55 Å². The molecule has 2 heterocycles. The lowest BCUT2D eigenvalue weighted by molar-refractivity contribution is 0.343. The molecule has 4 nitrogen and oxygen atoms in total. The van der Waals surface area contributed by atoms with E-state index < -0.39 is 0 Å². The van der Waals surface area contributed by atoms with E-state index in [1.807, 2.05) is 13.8 Å². The van der Waals surface area contributed by atoms with Gasteiger partial charge in [-0.15, -0.1) is 0 Å².